The van der Waals surface area contributed by atoms with Crippen molar-refractivity contribution in [2.24, 2.45) is 5.73 Å². The van der Waals surface area contributed by atoms with Gasteiger partial charge < -0.3 is 10.3 Å². The van der Waals surface area contributed by atoms with E-state index < -0.39 is 0 Å². The molecule has 0 aliphatic carbocycles. The first-order valence-electron chi connectivity index (χ1n) is 5.10. The molecule has 0 amide bonds. The highest BCUT2D eigenvalue weighted by atomic mass is 32.1. The molecule has 0 spiro atoms. The lowest BCUT2D eigenvalue weighted by atomic mass is 10.2. The molecule has 2 aromatic rings. The maximum absolute atomic E-state index is 5.54. The van der Waals surface area contributed by atoms with Gasteiger partial charge in [0, 0.05) is 24.9 Å². The Morgan fingerprint density at radius 3 is 3.07 bits per heavy atom. The molecule has 0 saturated carbocycles. The van der Waals surface area contributed by atoms with Crippen LogP contribution in [0.1, 0.15) is 11.3 Å². The van der Waals surface area contributed by atoms with Gasteiger partial charge in [-0.2, -0.15) is 11.3 Å². The van der Waals surface area contributed by atoms with Crippen LogP contribution in [0.2, 0.25) is 0 Å². The van der Waals surface area contributed by atoms with Gasteiger partial charge in [0.25, 0.3) is 0 Å². The minimum absolute atomic E-state index is 0.685. The van der Waals surface area contributed by atoms with Gasteiger partial charge in [-0.3, -0.25) is 0 Å². The number of aryl methyl sites for hydroxylation is 2. The van der Waals surface area contributed by atoms with E-state index in [0.717, 1.165) is 19.4 Å². The number of nitrogens with two attached hydrogens (primary N) is 1. The molecule has 2 rings (SSSR count). The first-order chi connectivity index (χ1) is 7.40. The highest BCUT2D eigenvalue weighted by molar-refractivity contribution is 7.07. The van der Waals surface area contributed by atoms with Gasteiger partial charge in [-0.15, -0.1) is 0 Å². The third-order valence-electron chi connectivity index (χ3n) is 2.42. The zero-order chi connectivity index (χ0) is 10.5. The van der Waals surface area contributed by atoms with Crippen molar-refractivity contribution in [3.8, 4) is 0 Å². The minimum Gasteiger partial charge on any atom is -0.334 e. The molecule has 0 unspecified atom stereocenters. The fraction of sp³-hybridized carbons (Fsp3) is 0.364. The summed E-state index contributed by atoms with van der Waals surface area (Å²) < 4.78 is 2.19. The molecule has 0 aromatic carbocycles. The summed E-state index contributed by atoms with van der Waals surface area (Å²) in [5.41, 5.74) is 8.17. The summed E-state index contributed by atoms with van der Waals surface area (Å²) in [7, 11) is 0. The van der Waals surface area contributed by atoms with E-state index in [9.17, 15) is 0 Å². The average molecular weight is 221 g/mol. The third-order valence-corrected chi connectivity index (χ3v) is 3.15. The molecule has 0 aliphatic rings. The van der Waals surface area contributed by atoms with Crippen LogP contribution in [0, 0.1) is 0 Å². The molecular weight excluding hydrogens is 206 g/mol. The van der Waals surface area contributed by atoms with Crippen molar-refractivity contribution in [2.75, 3.05) is 6.54 Å². The quantitative estimate of drug-likeness (QED) is 0.835. The van der Waals surface area contributed by atoms with Crippen LogP contribution >= 0.6 is 11.3 Å². The van der Waals surface area contributed by atoms with E-state index in [0.29, 0.717) is 6.54 Å². The van der Waals surface area contributed by atoms with Gasteiger partial charge in [-0.05, 0) is 35.4 Å². The monoisotopic (exact) mass is 221 g/mol. The van der Waals surface area contributed by atoms with E-state index in [1.807, 2.05) is 12.5 Å². The largest absolute Gasteiger partial charge is 0.334 e. The second kappa shape index (κ2) is 5.09. The van der Waals surface area contributed by atoms with Crippen LogP contribution in [0.4, 0.5) is 0 Å². The van der Waals surface area contributed by atoms with Crippen LogP contribution < -0.4 is 5.73 Å². The van der Waals surface area contributed by atoms with Crippen molar-refractivity contribution in [1.82, 2.24) is 9.55 Å². The van der Waals surface area contributed by atoms with E-state index in [1.165, 1.54) is 11.3 Å². The van der Waals surface area contributed by atoms with Crippen LogP contribution in [0.25, 0.3) is 0 Å². The van der Waals surface area contributed by atoms with E-state index in [2.05, 4.69) is 26.4 Å². The summed E-state index contributed by atoms with van der Waals surface area (Å²) in [6.45, 7) is 1.68. The highest BCUT2D eigenvalue weighted by Gasteiger charge is 2.01. The number of hydrogen-bond acceptors (Lipinski definition) is 3. The normalized spacial score (nSPS) is 10.7. The fourth-order valence-electron chi connectivity index (χ4n) is 1.59. The molecule has 80 valence electrons. The third kappa shape index (κ3) is 2.67. The van der Waals surface area contributed by atoms with Crippen molar-refractivity contribution in [1.29, 1.82) is 0 Å². The van der Waals surface area contributed by atoms with Crippen LogP contribution in [-0.2, 0) is 19.4 Å². The van der Waals surface area contributed by atoms with E-state index >= 15 is 0 Å². The number of imidazole rings is 1. The van der Waals surface area contributed by atoms with Crippen LogP contribution in [0.3, 0.4) is 0 Å². The number of aromatic nitrogens is 2. The standard InChI is InChI=1S/C11H15N3S/c12-4-1-11-7-13-9-14(11)5-2-10-3-6-15-8-10/h3,6-9H,1-2,4-5,12H2. The summed E-state index contributed by atoms with van der Waals surface area (Å²) in [4.78, 5) is 4.15. The number of hydrogen-bond donors (Lipinski definition) is 1. The zero-order valence-corrected chi connectivity index (χ0v) is 9.41. The molecule has 15 heavy (non-hydrogen) atoms. The summed E-state index contributed by atoms with van der Waals surface area (Å²) in [6, 6.07) is 2.17. The first-order valence-corrected chi connectivity index (χ1v) is 6.04. The van der Waals surface area contributed by atoms with Gasteiger partial charge in [-0.25, -0.2) is 4.98 Å². The molecule has 0 aliphatic heterocycles. The van der Waals surface area contributed by atoms with E-state index in [-0.39, 0.29) is 0 Å². The van der Waals surface area contributed by atoms with Crippen molar-refractivity contribution in [3.63, 3.8) is 0 Å². The maximum Gasteiger partial charge on any atom is 0.0948 e. The Morgan fingerprint density at radius 2 is 2.33 bits per heavy atom. The predicted molar refractivity (Wildman–Crippen MR) is 63.0 cm³/mol. The van der Waals surface area contributed by atoms with E-state index in [4.69, 9.17) is 5.73 Å². The van der Waals surface area contributed by atoms with Gasteiger partial charge in [0.05, 0.1) is 6.33 Å². The summed E-state index contributed by atoms with van der Waals surface area (Å²) in [6.07, 6.45) is 5.76. The second-order valence-corrected chi connectivity index (χ2v) is 4.28. The molecule has 0 saturated heterocycles. The molecule has 0 bridgehead atoms. The molecule has 0 fully saturated rings. The van der Waals surface area contributed by atoms with Crippen molar-refractivity contribution >= 4 is 11.3 Å². The Bertz CT molecular complexity index is 392. The average Bonchev–Trinajstić information content (AvgIpc) is 2.85. The minimum atomic E-state index is 0.685. The second-order valence-electron chi connectivity index (χ2n) is 3.50. The van der Waals surface area contributed by atoms with Gasteiger partial charge >= 0.3 is 0 Å². The molecule has 3 nitrogen and oxygen atoms in total. The highest BCUT2D eigenvalue weighted by Crippen LogP contribution is 2.09. The van der Waals surface area contributed by atoms with E-state index in [1.54, 1.807) is 11.3 Å². The molecule has 2 N–H and O–H groups in total. The molecular formula is C11H15N3S. The van der Waals surface area contributed by atoms with Crippen molar-refractivity contribution in [3.05, 3.63) is 40.6 Å². The SMILES string of the molecule is NCCc1cncn1CCc1ccsc1. The molecule has 0 radical (unpaired) electrons. The smallest absolute Gasteiger partial charge is 0.0948 e. The Balaban J connectivity index is 1.95. The Hall–Kier alpha value is -1.13. The maximum atomic E-state index is 5.54. The summed E-state index contributed by atoms with van der Waals surface area (Å²) in [5.74, 6) is 0. The van der Waals surface area contributed by atoms with Gasteiger partial charge in [-0.1, -0.05) is 0 Å². The van der Waals surface area contributed by atoms with Gasteiger partial charge in [0.15, 0.2) is 0 Å². The van der Waals surface area contributed by atoms with Crippen molar-refractivity contribution < 1.29 is 0 Å². The van der Waals surface area contributed by atoms with Crippen molar-refractivity contribution in [2.45, 2.75) is 19.4 Å². The lowest BCUT2D eigenvalue weighted by Gasteiger charge is -2.05. The lowest BCUT2D eigenvalue weighted by molar-refractivity contribution is 0.659. The van der Waals surface area contributed by atoms with Crippen LogP contribution in [-0.4, -0.2) is 16.1 Å². The summed E-state index contributed by atoms with van der Waals surface area (Å²) >= 11 is 1.75. The Morgan fingerprint density at radius 1 is 1.40 bits per heavy atom. The summed E-state index contributed by atoms with van der Waals surface area (Å²) in [5, 5.41) is 4.31. The van der Waals surface area contributed by atoms with Crippen LogP contribution in [0.15, 0.2) is 29.4 Å². The lowest BCUT2D eigenvalue weighted by Crippen LogP contribution is -2.09. The first kappa shape index (κ1) is 10.4. The predicted octanol–water partition coefficient (Wildman–Crippen LogP) is 1.69. The number of rotatable bonds is 5. The molecule has 0 atom stereocenters. The zero-order valence-electron chi connectivity index (χ0n) is 8.60. The molecule has 2 heterocycles. The topological polar surface area (TPSA) is 43.8 Å². The van der Waals surface area contributed by atoms with Gasteiger partial charge in [0.2, 0.25) is 0 Å². The Kier molecular flexibility index (Phi) is 3.53. The fourth-order valence-corrected chi connectivity index (χ4v) is 2.29. The Labute approximate surface area is 93.6 Å². The number of thiophene rings is 1. The van der Waals surface area contributed by atoms with Crippen LogP contribution in [0.5, 0.6) is 0 Å². The molecule has 4 heteroatoms. The van der Waals surface area contributed by atoms with Gasteiger partial charge in [0.1, 0.15) is 0 Å². The number of nitrogens with zero attached hydrogens (tertiary/aromatic N) is 2. The molecule has 2 aromatic heterocycles.